The van der Waals surface area contributed by atoms with E-state index in [1.165, 1.54) is 0 Å². The van der Waals surface area contributed by atoms with E-state index < -0.39 is 0 Å². The van der Waals surface area contributed by atoms with Crippen molar-refractivity contribution in [1.82, 2.24) is 4.98 Å². The van der Waals surface area contributed by atoms with Crippen molar-refractivity contribution in [2.24, 2.45) is 0 Å². The van der Waals surface area contributed by atoms with E-state index in [1.807, 2.05) is 91.9 Å². The second-order valence-electron chi connectivity index (χ2n) is 7.71. The molecule has 4 rings (SSSR count). The summed E-state index contributed by atoms with van der Waals surface area (Å²) in [6.45, 7) is 1.96. The molecular weight excluding hydrogens is 454 g/mol. The Hall–Kier alpha value is -4.59. The Labute approximate surface area is 208 Å². The van der Waals surface area contributed by atoms with Crippen LogP contribution in [0.25, 0.3) is 11.1 Å². The van der Waals surface area contributed by atoms with E-state index in [-0.39, 0.29) is 28.6 Å². The standard InChI is InChI=1S/C28H21N5OS/c1-19-12-14-20(15-13-19)26-23(16-29)27(31)32-28(24(26)17-30)35-18-25(34)33(21-8-4-2-5-9-21)22-10-6-3-7-11-22/h2-15H,18H2,1H3,(H2,31,32). The van der Waals surface area contributed by atoms with Gasteiger partial charge in [-0.2, -0.15) is 10.5 Å². The van der Waals surface area contributed by atoms with Crippen LogP contribution in [0.3, 0.4) is 0 Å². The zero-order chi connectivity index (χ0) is 24.8. The first-order chi connectivity index (χ1) is 17.0. The Balaban J connectivity index is 1.71. The minimum Gasteiger partial charge on any atom is -0.383 e. The lowest BCUT2D eigenvalue weighted by Crippen LogP contribution is -2.27. The number of anilines is 3. The average Bonchev–Trinajstić information content (AvgIpc) is 2.89. The molecule has 0 atom stereocenters. The lowest BCUT2D eigenvalue weighted by atomic mass is 9.96. The maximum absolute atomic E-state index is 13.4. The van der Waals surface area contributed by atoms with E-state index in [0.717, 1.165) is 28.7 Å². The van der Waals surface area contributed by atoms with Crippen molar-refractivity contribution in [3.63, 3.8) is 0 Å². The fraction of sp³-hybridized carbons (Fsp3) is 0.0714. The molecule has 0 aliphatic heterocycles. The smallest absolute Gasteiger partial charge is 0.241 e. The SMILES string of the molecule is Cc1ccc(-c2c(C#N)c(N)nc(SCC(=O)N(c3ccccc3)c3ccccc3)c2C#N)cc1. The van der Waals surface area contributed by atoms with Crippen LogP contribution in [0.4, 0.5) is 17.2 Å². The molecule has 0 saturated heterocycles. The molecule has 7 heteroatoms. The van der Waals surface area contributed by atoms with Gasteiger partial charge >= 0.3 is 0 Å². The van der Waals surface area contributed by atoms with Crippen LogP contribution >= 0.6 is 11.8 Å². The summed E-state index contributed by atoms with van der Waals surface area (Å²) in [4.78, 5) is 19.4. The van der Waals surface area contributed by atoms with Gasteiger partial charge in [0.25, 0.3) is 0 Å². The van der Waals surface area contributed by atoms with Gasteiger partial charge in [-0.3, -0.25) is 9.69 Å². The first-order valence-corrected chi connectivity index (χ1v) is 11.8. The summed E-state index contributed by atoms with van der Waals surface area (Å²) in [5.41, 5.74) is 10.1. The van der Waals surface area contributed by atoms with E-state index >= 15 is 0 Å². The van der Waals surface area contributed by atoms with Gasteiger partial charge in [0, 0.05) is 16.9 Å². The quantitative estimate of drug-likeness (QED) is 0.351. The Morgan fingerprint density at radius 1 is 0.886 bits per heavy atom. The number of rotatable bonds is 6. The van der Waals surface area contributed by atoms with Crippen molar-refractivity contribution >= 4 is 34.9 Å². The number of nitrogens with two attached hydrogens (primary N) is 1. The first kappa shape index (κ1) is 23.6. The van der Waals surface area contributed by atoms with Gasteiger partial charge in [0.15, 0.2) is 0 Å². The second kappa shape index (κ2) is 10.6. The Bertz CT molecular complexity index is 1400. The van der Waals surface area contributed by atoms with Gasteiger partial charge in [-0.15, -0.1) is 0 Å². The van der Waals surface area contributed by atoms with Gasteiger partial charge in [-0.25, -0.2) is 4.98 Å². The highest BCUT2D eigenvalue weighted by Crippen LogP contribution is 2.36. The number of hydrogen-bond donors (Lipinski definition) is 1. The Morgan fingerprint density at radius 2 is 1.43 bits per heavy atom. The van der Waals surface area contributed by atoms with Crippen molar-refractivity contribution in [2.75, 3.05) is 16.4 Å². The maximum Gasteiger partial charge on any atom is 0.241 e. The number of hydrogen-bond acceptors (Lipinski definition) is 6. The van der Waals surface area contributed by atoms with Crippen LogP contribution in [0.15, 0.2) is 90.0 Å². The topological polar surface area (TPSA) is 107 Å². The molecular formula is C28H21N5OS. The number of aryl methyl sites for hydroxylation is 1. The van der Waals surface area contributed by atoms with Crippen LogP contribution in [0.1, 0.15) is 16.7 Å². The molecule has 2 N–H and O–H groups in total. The summed E-state index contributed by atoms with van der Waals surface area (Å²) in [5, 5.41) is 20.0. The van der Waals surface area contributed by atoms with Crippen molar-refractivity contribution in [2.45, 2.75) is 11.9 Å². The summed E-state index contributed by atoms with van der Waals surface area (Å²) in [5.74, 6) is -0.137. The lowest BCUT2D eigenvalue weighted by Gasteiger charge is -2.23. The normalized spacial score (nSPS) is 10.3. The summed E-state index contributed by atoms with van der Waals surface area (Å²) in [6.07, 6.45) is 0. The third-order valence-electron chi connectivity index (χ3n) is 5.37. The fourth-order valence-corrected chi connectivity index (χ4v) is 4.54. The number of carbonyl (C=O) groups is 1. The van der Waals surface area contributed by atoms with Crippen LogP contribution in [0.2, 0.25) is 0 Å². The van der Waals surface area contributed by atoms with E-state index in [1.54, 1.807) is 4.90 Å². The zero-order valence-electron chi connectivity index (χ0n) is 19.0. The van der Waals surface area contributed by atoms with E-state index in [9.17, 15) is 15.3 Å². The predicted octanol–water partition coefficient (Wildman–Crippen LogP) is 5.84. The van der Waals surface area contributed by atoms with Crippen molar-refractivity contribution < 1.29 is 4.79 Å². The molecule has 3 aromatic carbocycles. The van der Waals surface area contributed by atoms with Crippen molar-refractivity contribution in [1.29, 1.82) is 10.5 Å². The molecule has 170 valence electrons. The number of carbonyl (C=O) groups excluding carboxylic acids is 1. The molecule has 1 aromatic heterocycles. The van der Waals surface area contributed by atoms with Gasteiger partial charge in [-0.05, 0) is 36.8 Å². The van der Waals surface area contributed by atoms with Crippen LogP contribution in [0.5, 0.6) is 0 Å². The number of nitrogens with zero attached hydrogens (tertiary/aromatic N) is 4. The van der Waals surface area contributed by atoms with Gasteiger partial charge in [0.1, 0.15) is 28.5 Å². The third kappa shape index (κ3) is 5.01. The Morgan fingerprint density at radius 3 is 1.94 bits per heavy atom. The minimum absolute atomic E-state index is 0.0180. The van der Waals surface area contributed by atoms with Crippen molar-refractivity contribution in [3.05, 3.63) is 102 Å². The molecule has 6 nitrogen and oxygen atoms in total. The van der Waals surface area contributed by atoms with E-state index in [2.05, 4.69) is 17.1 Å². The molecule has 0 fully saturated rings. The molecule has 1 amide bonds. The predicted molar refractivity (Wildman–Crippen MR) is 139 cm³/mol. The molecule has 0 saturated carbocycles. The molecule has 0 unspecified atom stereocenters. The van der Waals surface area contributed by atoms with E-state index in [4.69, 9.17) is 5.73 Å². The molecule has 0 aliphatic rings. The highest BCUT2D eigenvalue weighted by atomic mass is 32.2. The van der Waals surface area contributed by atoms with Gasteiger partial charge in [0.05, 0.1) is 11.3 Å². The summed E-state index contributed by atoms with van der Waals surface area (Å²) < 4.78 is 0. The van der Waals surface area contributed by atoms with Crippen LogP contribution in [-0.4, -0.2) is 16.6 Å². The lowest BCUT2D eigenvalue weighted by molar-refractivity contribution is -0.115. The monoisotopic (exact) mass is 475 g/mol. The number of pyridine rings is 1. The van der Waals surface area contributed by atoms with E-state index in [0.29, 0.717) is 16.2 Å². The number of nitriles is 2. The van der Waals surface area contributed by atoms with Gasteiger partial charge in [0.2, 0.25) is 5.91 Å². The molecule has 0 radical (unpaired) electrons. The van der Waals surface area contributed by atoms with Gasteiger partial charge < -0.3 is 5.73 Å². The molecule has 1 heterocycles. The Kier molecular flexibility index (Phi) is 7.11. The summed E-state index contributed by atoms with van der Waals surface area (Å²) >= 11 is 1.13. The van der Waals surface area contributed by atoms with Crippen LogP contribution in [0, 0.1) is 29.6 Å². The summed E-state index contributed by atoms with van der Waals surface area (Å²) in [6, 6.07) is 30.5. The zero-order valence-corrected chi connectivity index (χ0v) is 19.8. The number of amides is 1. The maximum atomic E-state index is 13.4. The van der Waals surface area contributed by atoms with Crippen LogP contribution in [-0.2, 0) is 4.79 Å². The third-order valence-corrected chi connectivity index (χ3v) is 6.33. The summed E-state index contributed by atoms with van der Waals surface area (Å²) in [7, 11) is 0. The highest BCUT2D eigenvalue weighted by molar-refractivity contribution is 8.00. The second-order valence-corrected chi connectivity index (χ2v) is 8.67. The van der Waals surface area contributed by atoms with Crippen molar-refractivity contribution in [3.8, 4) is 23.3 Å². The average molecular weight is 476 g/mol. The largest absolute Gasteiger partial charge is 0.383 e. The van der Waals surface area contributed by atoms with Gasteiger partial charge in [-0.1, -0.05) is 78.0 Å². The number of para-hydroxylation sites is 2. The van der Waals surface area contributed by atoms with Crippen LogP contribution < -0.4 is 10.6 Å². The minimum atomic E-state index is -0.182. The number of benzene rings is 3. The fourth-order valence-electron chi connectivity index (χ4n) is 3.70. The number of thioether (sulfide) groups is 1. The number of aromatic nitrogens is 1. The highest BCUT2D eigenvalue weighted by Gasteiger charge is 2.23. The molecule has 0 aliphatic carbocycles. The molecule has 0 bridgehead atoms. The molecule has 0 spiro atoms. The first-order valence-electron chi connectivity index (χ1n) is 10.8. The molecule has 4 aromatic rings. The molecule has 35 heavy (non-hydrogen) atoms. The number of nitrogen functional groups attached to an aromatic ring is 1.